The lowest BCUT2D eigenvalue weighted by molar-refractivity contribution is -0.00828. The molecule has 0 N–H and O–H groups in total. The van der Waals surface area contributed by atoms with Crippen molar-refractivity contribution in [2.24, 2.45) is 11.1 Å². The lowest BCUT2D eigenvalue weighted by Crippen LogP contribution is -2.57. The van der Waals surface area contributed by atoms with Gasteiger partial charge in [-0.2, -0.15) is 0 Å². The molecule has 7 heteroatoms. The number of carbonyl (C=O) groups is 1. The summed E-state index contributed by atoms with van der Waals surface area (Å²) in [5, 5.41) is 4.50. The average Bonchev–Trinajstić information content (AvgIpc) is 2.75. The number of likely N-dealkylation sites (tertiary alicyclic amines) is 2. The van der Waals surface area contributed by atoms with Crippen molar-refractivity contribution in [3.8, 4) is 0 Å². The second kappa shape index (κ2) is 10.6. The van der Waals surface area contributed by atoms with Crippen LogP contribution >= 0.6 is 15.9 Å². The number of benzene rings is 1. The number of hydrogen-bond donors (Lipinski definition) is 0. The molecule has 3 rings (SSSR count). The van der Waals surface area contributed by atoms with Crippen LogP contribution in [-0.2, 0) is 9.57 Å². The lowest BCUT2D eigenvalue weighted by Gasteiger charge is -2.49. The van der Waals surface area contributed by atoms with Gasteiger partial charge in [0.2, 0.25) is 0 Å². The number of carbonyl (C=O) groups excluding carboxylic acids is 1. The number of amides is 1. The zero-order valence-corrected chi connectivity index (χ0v) is 21.8. The van der Waals surface area contributed by atoms with E-state index in [4.69, 9.17) is 9.57 Å². The number of oxime groups is 1. The zero-order chi connectivity index (χ0) is 23.4. The summed E-state index contributed by atoms with van der Waals surface area (Å²) in [7, 11) is 0. The van der Waals surface area contributed by atoms with Gasteiger partial charge in [0.05, 0.1) is 5.71 Å². The summed E-state index contributed by atoms with van der Waals surface area (Å²) in [6, 6.07) is 8.35. The van der Waals surface area contributed by atoms with E-state index in [2.05, 4.69) is 57.2 Å². The normalized spacial score (nSPS) is 23.8. The topological polar surface area (TPSA) is 54.4 Å². The molecule has 1 atom stereocenters. The molecule has 0 saturated carbocycles. The van der Waals surface area contributed by atoms with Gasteiger partial charge >= 0.3 is 6.09 Å². The van der Waals surface area contributed by atoms with Crippen LogP contribution in [0.15, 0.2) is 33.9 Å². The fourth-order valence-electron chi connectivity index (χ4n) is 4.62. The van der Waals surface area contributed by atoms with E-state index >= 15 is 0 Å². The number of ether oxygens (including phenoxy) is 1. The molecule has 0 spiro atoms. The third kappa shape index (κ3) is 6.47. The third-order valence-corrected chi connectivity index (χ3v) is 7.10. The molecule has 1 aromatic rings. The molecule has 2 fully saturated rings. The average molecular weight is 510 g/mol. The van der Waals surface area contributed by atoms with Gasteiger partial charge in [-0.05, 0) is 91.1 Å². The number of rotatable bonds is 5. The van der Waals surface area contributed by atoms with E-state index in [9.17, 15) is 4.79 Å². The van der Waals surface area contributed by atoms with E-state index in [0.29, 0.717) is 12.5 Å². The molecular formula is C25H38BrN3O3. The molecular weight excluding hydrogens is 472 g/mol. The summed E-state index contributed by atoms with van der Waals surface area (Å²) in [6.45, 7) is 14.2. The summed E-state index contributed by atoms with van der Waals surface area (Å²) in [5.41, 5.74) is 1.87. The van der Waals surface area contributed by atoms with Crippen LogP contribution in [0.1, 0.15) is 65.9 Å². The molecule has 0 radical (unpaired) electrons. The fourth-order valence-corrected chi connectivity index (χ4v) is 4.89. The zero-order valence-electron chi connectivity index (χ0n) is 20.2. The second-order valence-electron chi connectivity index (χ2n) is 10.1. The van der Waals surface area contributed by atoms with Crippen molar-refractivity contribution < 1.29 is 14.4 Å². The van der Waals surface area contributed by atoms with Crippen LogP contribution in [0.3, 0.4) is 0 Å². The minimum absolute atomic E-state index is 0.123. The van der Waals surface area contributed by atoms with Gasteiger partial charge in [-0.15, -0.1) is 0 Å². The molecule has 1 unspecified atom stereocenters. The Morgan fingerprint density at radius 2 is 1.88 bits per heavy atom. The van der Waals surface area contributed by atoms with Gasteiger partial charge in [0.25, 0.3) is 0 Å². The van der Waals surface area contributed by atoms with E-state index < -0.39 is 5.60 Å². The summed E-state index contributed by atoms with van der Waals surface area (Å²) < 4.78 is 6.63. The first-order valence-electron chi connectivity index (χ1n) is 11.8. The Morgan fingerprint density at radius 3 is 2.41 bits per heavy atom. The number of piperidine rings is 2. The number of halogens is 1. The monoisotopic (exact) mass is 509 g/mol. The molecule has 0 aliphatic carbocycles. The van der Waals surface area contributed by atoms with Crippen LogP contribution in [0.4, 0.5) is 4.79 Å². The van der Waals surface area contributed by atoms with Crippen molar-refractivity contribution in [1.29, 1.82) is 0 Å². The maximum atomic E-state index is 12.4. The maximum absolute atomic E-state index is 12.4. The van der Waals surface area contributed by atoms with Crippen molar-refractivity contribution in [2.45, 2.75) is 71.4 Å². The second-order valence-corrected chi connectivity index (χ2v) is 11.0. The predicted molar refractivity (Wildman–Crippen MR) is 132 cm³/mol. The molecule has 32 heavy (non-hydrogen) atoms. The minimum atomic E-state index is -0.449. The highest BCUT2D eigenvalue weighted by Gasteiger charge is 2.40. The van der Waals surface area contributed by atoms with Crippen molar-refractivity contribution in [1.82, 2.24) is 9.80 Å². The van der Waals surface area contributed by atoms with Crippen molar-refractivity contribution >= 4 is 27.7 Å². The highest BCUT2D eigenvalue weighted by Crippen LogP contribution is 2.34. The van der Waals surface area contributed by atoms with Gasteiger partial charge in [-0.1, -0.05) is 33.2 Å². The Bertz CT molecular complexity index is 788. The van der Waals surface area contributed by atoms with Crippen LogP contribution in [0, 0.1) is 5.92 Å². The van der Waals surface area contributed by atoms with E-state index in [0.717, 1.165) is 67.6 Å². The van der Waals surface area contributed by atoms with E-state index in [1.165, 1.54) is 0 Å². The van der Waals surface area contributed by atoms with Crippen molar-refractivity contribution in [3.05, 3.63) is 34.3 Å². The molecule has 1 aromatic carbocycles. The standard InChI is InChI=1S/C25H38BrN3O3/c1-6-31-27-22(19-7-9-21(26)10-8-19)20-11-15-29(16-12-20)25(5)13-17-28(18-14-25)23(30)32-24(2,3)4/h7-10,20H,6,11-18H2,1-5H3/b27-22+/i17+2. The number of nitrogens with zero attached hydrogens (tertiary/aromatic N) is 3. The van der Waals surface area contributed by atoms with Crippen LogP contribution in [0.25, 0.3) is 0 Å². The highest BCUT2D eigenvalue weighted by molar-refractivity contribution is 9.10. The SMILES string of the molecule is CCO/N=C(\c1ccc(Br)cc1)C1CCN(C2(C)CCN(C(=O)OC(C)(C)C)[14CH2]C2)CC1. The lowest BCUT2D eigenvalue weighted by atomic mass is 9.84. The Labute approximate surface area is 201 Å². The minimum Gasteiger partial charge on any atom is -0.444 e. The summed E-state index contributed by atoms with van der Waals surface area (Å²) in [6.07, 6.45) is 3.89. The van der Waals surface area contributed by atoms with Gasteiger partial charge in [0.15, 0.2) is 0 Å². The maximum Gasteiger partial charge on any atom is 0.410 e. The molecule has 2 saturated heterocycles. The van der Waals surface area contributed by atoms with Crippen molar-refractivity contribution in [3.63, 3.8) is 0 Å². The van der Waals surface area contributed by atoms with Crippen LogP contribution in [-0.4, -0.2) is 65.5 Å². The van der Waals surface area contributed by atoms with Gasteiger partial charge in [0, 0.05) is 29.0 Å². The largest absolute Gasteiger partial charge is 0.444 e. The molecule has 6 nitrogen and oxygen atoms in total. The first kappa shape index (κ1) is 25.0. The van der Waals surface area contributed by atoms with E-state index in [1.807, 2.05) is 32.6 Å². The fraction of sp³-hybridized carbons (Fsp3) is 0.680. The summed E-state index contributed by atoms with van der Waals surface area (Å²) >= 11 is 3.52. The molecule has 2 heterocycles. The quantitative estimate of drug-likeness (QED) is 0.377. The Kier molecular flexibility index (Phi) is 8.26. The Morgan fingerprint density at radius 1 is 1.22 bits per heavy atom. The number of hydrogen-bond acceptors (Lipinski definition) is 5. The van der Waals surface area contributed by atoms with E-state index in [-0.39, 0.29) is 11.6 Å². The molecule has 2 aliphatic rings. The molecule has 178 valence electrons. The molecule has 0 aromatic heterocycles. The predicted octanol–water partition coefficient (Wildman–Crippen LogP) is 5.69. The van der Waals surface area contributed by atoms with Gasteiger partial charge in [-0.3, -0.25) is 4.90 Å². The molecule has 0 bridgehead atoms. The van der Waals surface area contributed by atoms with Crippen molar-refractivity contribution in [2.75, 3.05) is 32.8 Å². The van der Waals surface area contributed by atoms with Gasteiger partial charge in [0.1, 0.15) is 12.2 Å². The van der Waals surface area contributed by atoms with Gasteiger partial charge in [-0.25, -0.2) is 4.79 Å². The Balaban J connectivity index is 1.58. The smallest absolute Gasteiger partial charge is 0.410 e. The third-order valence-electron chi connectivity index (χ3n) is 6.57. The first-order valence-corrected chi connectivity index (χ1v) is 12.6. The molecule has 1 amide bonds. The summed E-state index contributed by atoms with van der Waals surface area (Å²) in [4.78, 5) is 22.4. The highest BCUT2D eigenvalue weighted by atomic mass is 79.9. The van der Waals surface area contributed by atoms with Gasteiger partial charge < -0.3 is 14.5 Å². The molecule has 2 aliphatic heterocycles. The van der Waals surface area contributed by atoms with Crippen LogP contribution in [0.2, 0.25) is 0 Å². The summed E-state index contributed by atoms with van der Waals surface area (Å²) in [5.74, 6) is 0.393. The van der Waals surface area contributed by atoms with Crippen LogP contribution < -0.4 is 0 Å². The Hall–Kier alpha value is -1.60. The first-order chi connectivity index (χ1) is 15.1. The van der Waals surface area contributed by atoms with E-state index in [1.54, 1.807) is 0 Å². The van der Waals surface area contributed by atoms with Crippen LogP contribution in [0.5, 0.6) is 0 Å².